The van der Waals surface area contributed by atoms with Gasteiger partial charge in [0.1, 0.15) is 0 Å². The monoisotopic (exact) mass is 368 g/mol. The summed E-state index contributed by atoms with van der Waals surface area (Å²) in [5, 5.41) is 12.0. The largest absolute Gasteiger partial charge is 0.493 e. The number of nitrogens with zero attached hydrogens (tertiary/aromatic N) is 1. The summed E-state index contributed by atoms with van der Waals surface area (Å²) in [5.41, 5.74) is -0.432. The van der Waals surface area contributed by atoms with Gasteiger partial charge in [0, 0.05) is 21.6 Å². The van der Waals surface area contributed by atoms with Crippen molar-refractivity contribution in [2.24, 2.45) is 5.92 Å². The molecule has 1 saturated heterocycles. The molecule has 2 bridgehead atoms. The second kappa shape index (κ2) is 5.12. The first-order chi connectivity index (χ1) is 12.6. The molecule has 5 atom stereocenters. The summed E-state index contributed by atoms with van der Waals surface area (Å²) in [5.74, 6) is 0.680. The molecule has 1 aromatic rings. The topological polar surface area (TPSA) is 59.0 Å². The Morgan fingerprint density at radius 1 is 1.48 bits per heavy atom. The normalized spacial score (nSPS) is 43.1. The lowest BCUT2D eigenvalue weighted by Crippen LogP contribution is -2.77. The number of hydrogen-bond donors (Lipinski definition) is 1. The number of aliphatic hydroxyl groups is 1. The molecule has 1 saturated carbocycles. The highest BCUT2D eigenvalue weighted by atomic mass is 35.5. The van der Waals surface area contributed by atoms with Crippen LogP contribution in [0.25, 0.3) is 0 Å². The number of carbonyl (C=O) groups is 1. The zero-order valence-corrected chi connectivity index (χ0v) is 15.1. The average Bonchev–Trinajstić information content (AvgIpc) is 2.92. The number of benzene rings is 1. The van der Waals surface area contributed by atoms with Gasteiger partial charge in [-0.05, 0) is 44.4 Å². The molecule has 0 aromatic heterocycles. The minimum absolute atomic E-state index is 0. The fourth-order valence-electron chi connectivity index (χ4n) is 5.75. The number of piperidine rings is 1. The van der Waals surface area contributed by atoms with Gasteiger partial charge in [-0.2, -0.15) is 0 Å². The molecule has 2 aliphatic carbocycles. The SMILES string of the molecule is Cl.[2H]C([2H])([2H])N1CC[C@]23c4c5ccc(OC)c4O[C@H]2C(=O)[C@@H](C)C[C@@]3(O)[C@H]1C5. The van der Waals surface area contributed by atoms with Crippen LogP contribution in [0.15, 0.2) is 12.1 Å². The Labute approximate surface area is 157 Å². The van der Waals surface area contributed by atoms with Gasteiger partial charge in [0.25, 0.3) is 0 Å². The van der Waals surface area contributed by atoms with Crippen LogP contribution in [0.4, 0.5) is 0 Å². The third kappa shape index (κ3) is 1.70. The predicted octanol–water partition coefficient (Wildman–Crippen LogP) is 1.72. The minimum atomic E-state index is -2.30. The smallest absolute Gasteiger partial charge is 0.177 e. The molecule has 0 amide bonds. The van der Waals surface area contributed by atoms with Gasteiger partial charge < -0.3 is 19.5 Å². The Kier molecular flexibility index (Phi) is 2.83. The van der Waals surface area contributed by atoms with Gasteiger partial charge in [0.2, 0.25) is 0 Å². The van der Waals surface area contributed by atoms with E-state index in [0.29, 0.717) is 30.9 Å². The minimum Gasteiger partial charge on any atom is -0.493 e. The molecule has 136 valence electrons. The van der Waals surface area contributed by atoms with Gasteiger partial charge in [0.05, 0.1) is 18.1 Å². The fraction of sp³-hybridized carbons (Fsp3) is 0.632. The van der Waals surface area contributed by atoms with Crippen LogP contribution in [0.2, 0.25) is 0 Å². The molecule has 1 aromatic carbocycles. The van der Waals surface area contributed by atoms with Crippen molar-refractivity contribution in [3.05, 3.63) is 23.3 Å². The molecule has 5 rings (SSSR count). The number of carbonyl (C=O) groups excluding carboxylic acids is 1. The van der Waals surface area contributed by atoms with Crippen molar-refractivity contribution in [2.45, 2.75) is 49.3 Å². The molecule has 1 N–H and O–H groups in total. The van der Waals surface area contributed by atoms with Crippen LogP contribution < -0.4 is 9.47 Å². The van der Waals surface area contributed by atoms with E-state index in [0.717, 1.165) is 11.1 Å². The van der Waals surface area contributed by atoms with Crippen molar-refractivity contribution in [1.82, 2.24) is 4.90 Å². The van der Waals surface area contributed by atoms with Crippen LogP contribution >= 0.6 is 12.4 Å². The van der Waals surface area contributed by atoms with Crippen molar-refractivity contribution < 1.29 is 23.5 Å². The maximum atomic E-state index is 13.1. The Morgan fingerprint density at radius 3 is 3.00 bits per heavy atom. The highest BCUT2D eigenvalue weighted by molar-refractivity contribution is 5.91. The average molecular weight is 369 g/mol. The number of rotatable bonds is 1. The van der Waals surface area contributed by atoms with Gasteiger partial charge in [-0.3, -0.25) is 4.79 Å². The van der Waals surface area contributed by atoms with Crippen molar-refractivity contribution >= 4 is 18.2 Å². The fourth-order valence-corrected chi connectivity index (χ4v) is 5.75. The van der Waals surface area contributed by atoms with E-state index >= 15 is 0 Å². The number of halogens is 1. The number of Topliss-reactive ketones (excluding diaryl/α,β-unsaturated/α-hetero) is 1. The molecule has 4 aliphatic rings. The zero-order chi connectivity index (χ0) is 19.4. The number of methoxy groups -OCH3 is 1. The van der Waals surface area contributed by atoms with E-state index < -0.39 is 36.1 Å². The number of likely N-dealkylation sites (N-methyl/N-ethyl adjacent to an activating group) is 1. The van der Waals surface area contributed by atoms with E-state index in [1.54, 1.807) is 20.1 Å². The van der Waals surface area contributed by atoms with Crippen LogP contribution in [0.5, 0.6) is 11.5 Å². The third-order valence-corrected chi connectivity index (χ3v) is 6.78. The third-order valence-electron chi connectivity index (χ3n) is 6.78. The maximum Gasteiger partial charge on any atom is 0.177 e. The number of ketones is 1. The molecule has 25 heavy (non-hydrogen) atoms. The molecule has 2 heterocycles. The number of likely N-dealkylation sites (tertiary alicyclic amines) is 1. The first-order valence-corrected chi connectivity index (χ1v) is 8.55. The second-order valence-corrected chi connectivity index (χ2v) is 7.70. The van der Waals surface area contributed by atoms with E-state index in [2.05, 4.69) is 0 Å². The lowest BCUT2D eigenvalue weighted by molar-refractivity contribution is -0.193. The van der Waals surface area contributed by atoms with E-state index in [9.17, 15) is 9.90 Å². The lowest BCUT2D eigenvalue weighted by Gasteiger charge is -2.62. The Hall–Kier alpha value is -1.30. The van der Waals surface area contributed by atoms with Crippen molar-refractivity contribution in [3.8, 4) is 11.5 Å². The van der Waals surface area contributed by atoms with E-state index in [4.69, 9.17) is 13.6 Å². The van der Waals surface area contributed by atoms with Crippen LogP contribution in [-0.2, 0) is 16.6 Å². The van der Waals surface area contributed by atoms with E-state index in [1.807, 2.05) is 6.07 Å². The first-order valence-electron chi connectivity index (χ1n) is 10.0. The van der Waals surface area contributed by atoms with Gasteiger partial charge in [-0.1, -0.05) is 13.0 Å². The van der Waals surface area contributed by atoms with Gasteiger partial charge in [0.15, 0.2) is 23.4 Å². The second-order valence-electron chi connectivity index (χ2n) is 7.70. The van der Waals surface area contributed by atoms with Crippen LogP contribution in [-0.4, -0.2) is 54.2 Å². The standard InChI is InChI=1S/C19H23NO4.ClH/c1-10-9-19(22)13-8-11-4-5-12(23-3)16-14(11)18(19,6-7-20(13)2)17(24-16)15(10)21;/h4-5,10,13,17,22H,6-9H2,1-3H3;1H/t10-,13+,17-,18-,19+;/m0./s1/i2D3;. The van der Waals surface area contributed by atoms with Crippen molar-refractivity contribution in [2.75, 3.05) is 20.6 Å². The van der Waals surface area contributed by atoms with Crippen LogP contribution in [0.3, 0.4) is 0 Å². The quantitative estimate of drug-likeness (QED) is 0.817. The molecule has 1 spiro atoms. The predicted molar refractivity (Wildman–Crippen MR) is 94.8 cm³/mol. The molecule has 2 fully saturated rings. The first kappa shape index (κ1) is 13.8. The van der Waals surface area contributed by atoms with Crippen LogP contribution in [0, 0.1) is 5.92 Å². The summed E-state index contributed by atoms with van der Waals surface area (Å²) in [6.45, 7) is -0.211. The summed E-state index contributed by atoms with van der Waals surface area (Å²) in [6, 6.07) is 3.14. The summed E-state index contributed by atoms with van der Waals surface area (Å²) >= 11 is 0. The molecule has 5 nitrogen and oxygen atoms in total. The molecular formula is C19H24ClNO4. The summed E-state index contributed by atoms with van der Waals surface area (Å²) in [7, 11) is 1.56. The zero-order valence-electron chi connectivity index (χ0n) is 17.2. The van der Waals surface area contributed by atoms with Crippen molar-refractivity contribution in [1.29, 1.82) is 0 Å². The highest BCUT2D eigenvalue weighted by Crippen LogP contribution is 2.65. The molecule has 2 aliphatic heterocycles. The molecule has 0 radical (unpaired) electrons. The van der Waals surface area contributed by atoms with Gasteiger partial charge in [-0.25, -0.2) is 0 Å². The Bertz CT molecular complexity index is 862. The van der Waals surface area contributed by atoms with E-state index in [1.165, 1.54) is 4.90 Å². The number of hydrogen-bond acceptors (Lipinski definition) is 5. The summed E-state index contributed by atoms with van der Waals surface area (Å²) in [6.07, 6.45) is 0.242. The Morgan fingerprint density at radius 2 is 2.28 bits per heavy atom. The maximum absolute atomic E-state index is 13.1. The van der Waals surface area contributed by atoms with Gasteiger partial charge >= 0.3 is 0 Å². The van der Waals surface area contributed by atoms with Gasteiger partial charge in [-0.15, -0.1) is 12.4 Å². The van der Waals surface area contributed by atoms with Crippen LogP contribution in [0.1, 0.15) is 35.0 Å². The molecule has 0 unspecified atom stereocenters. The van der Waals surface area contributed by atoms with Crippen molar-refractivity contribution in [3.63, 3.8) is 0 Å². The van der Waals surface area contributed by atoms with E-state index in [-0.39, 0.29) is 24.6 Å². The summed E-state index contributed by atoms with van der Waals surface area (Å²) < 4.78 is 35.6. The highest BCUT2D eigenvalue weighted by Gasteiger charge is 2.73. The summed E-state index contributed by atoms with van der Waals surface area (Å²) in [4.78, 5) is 14.5. The number of ether oxygens (including phenoxy) is 2. The lowest BCUT2D eigenvalue weighted by atomic mass is 9.47. The molecular weight excluding hydrogens is 342 g/mol. The Balaban J connectivity index is 0.00000192. The molecule has 6 heteroatoms.